The molecule has 4 amide bonds. The van der Waals surface area contributed by atoms with Crippen LogP contribution < -0.4 is 10.1 Å². The van der Waals surface area contributed by atoms with Crippen molar-refractivity contribution in [3.05, 3.63) is 64.4 Å². The molecule has 160 valence electrons. The van der Waals surface area contributed by atoms with Gasteiger partial charge < -0.3 is 15.0 Å². The van der Waals surface area contributed by atoms with Crippen LogP contribution in [0.15, 0.2) is 53.2 Å². The summed E-state index contributed by atoms with van der Waals surface area (Å²) in [6.45, 7) is 1.73. The number of thiophene rings is 1. The minimum Gasteiger partial charge on any atom is -0.497 e. The Labute approximate surface area is 184 Å². The predicted molar refractivity (Wildman–Crippen MR) is 119 cm³/mol. The zero-order valence-corrected chi connectivity index (χ0v) is 18.4. The summed E-state index contributed by atoms with van der Waals surface area (Å²) in [6, 6.07) is 13.0. The van der Waals surface area contributed by atoms with E-state index in [2.05, 4.69) is 5.32 Å². The number of likely N-dealkylation sites (N-methyl/N-ethyl adjacent to an activating group) is 1. The second kappa shape index (κ2) is 8.03. The first kappa shape index (κ1) is 20.9. The SMILES string of the molecule is COc1ccc2cc(CN(C)C(=O)CN3C(=O)NC(C)(c4ccsc4)C3=O)ccc2c1. The van der Waals surface area contributed by atoms with Gasteiger partial charge in [-0.3, -0.25) is 14.5 Å². The second-order valence-electron chi connectivity index (χ2n) is 7.76. The average Bonchev–Trinajstić information content (AvgIpc) is 3.37. The van der Waals surface area contributed by atoms with Crippen molar-refractivity contribution in [2.75, 3.05) is 20.7 Å². The van der Waals surface area contributed by atoms with Gasteiger partial charge in [-0.25, -0.2) is 4.79 Å². The number of hydrogen-bond donors (Lipinski definition) is 1. The fourth-order valence-corrected chi connectivity index (χ4v) is 4.47. The highest BCUT2D eigenvalue weighted by Gasteiger charge is 2.49. The second-order valence-corrected chi connectivity index (χ2v) is 8.54. The molecule has 3 aromatic rings. The van der Waals surface area contributed by atoms with Gasteiger partial charge in [-0.15, -0.1) is 0 Å². The van der Waals surface area contributed by atoms with Crippen molar-refractivity contribution in [1.82, 2.24) is 15.1 Å². The van der Waals surface area contributed by atoms with Crippen molar-refractivity contribution < 1.29 is 19.1 Å². The van der Waals surface area contributed by atoms with E-state index in [9.17, 15) is 14.4 Å². The number of nitrogens with one attached hydrogen (secondary N) is 1. The molecule has 1 unspecified atom stereocenters. The molecule has 1 N–H and O–H groups in total. The van der Waals surface area contributed by atoms with Crippen LogP contribution in [0.25, 0.3) is 10.8 Å². The minimum atomic E-state index is -1.14. The molecule has 2 heterocycles. The lowest BCUT2D eigenvalue weighted by Gasteiger charge is -2.22. The number of benzene rings is 2. The third-order valence-corrected chi connectivity index (χ3v) is 6.31. The maximum Gasteiger partial charge on any atom is 0.325 e. The van der Waals surface area contributed by atoms with Crippen molar-refractivity contribution in [1.29, 1.82) is 0 Å². The van der Waals surface area contributed by atoms with Crippen molar-refractivity contribution in [2.24, 2.45) is 0 Å². The quantitative estimate of drug-likeness (QED) is 0.600. The van der Waals surface area contributed by atoms with Crippen LogP contribution in [0.2, 0.25) is 0 Å². The van der Waals surface area contributed by atoms with Crippen LogP contribution in [0.5, 0.6) is 5.75 Å². The third kappa shape index (κ3) is 3.86. The first-order valence-corrected chi connectivity index (χ1v) is 10.7. The molecule has 8 heteroatoms. The number of rotatable bonds is 6. The molecule has 31 heavy (non-hydrogen) atoms. The van der Waals surface area contributed by atoms with Crippen LogP contribution in [0, 0.1) is 0 Å². The number of nitrogens with zero attached hydrogens (tertiary/aromatic N) is 2. The van der Waals surface area contributed by atoms with Crippen LogP contribution in [-0.4, -0.2) is 48.3 Å². The van der Waals surface area contributed by atoms with E-state index in [1.54, 1.807) is 27.1 Å². The van der Waals surface area contributed by atoms with Gasteiger partial charge in [-0.1, -0.05) is 18.2 Å². The summed E-state index contributed by atoms with van der Waals surface area (Å²) in [5.74, 6) is 0.0563. The molecule has 1 aromatic heterocycles. The molecule has 7 nitrogen and oxygen atoms in total. The number of amides is 4. The highest BCUT2D eigenvalue weighted by atomic mass is 32.1. The van der Waals surface area contributed by atoms with Crippen LogP contribution in [0.1, 0.15) is 18.1 Å². The molecule has 1 atom stereocenters. The van der Waals surface area contributed by atoms with E-state index in [1.807, 2.05) is 47.2 Å². The Hall–Kier alpha value is -3.39. The molecule has 1 fully saturated rings. The summed E-state index contributed by atoms with van der Waals surface area (Å²) in [6.07, 6.45) is 0. The Morgan fingerprint density at radius 1 is 1.16 bits per heavy atom. The predicted octanol–water partition coefficient (Wildman–Crippen LogP) is 3.34. The maximum atomic E-state index is 12.9. The number of ether oxygens (including phenoxy) is 1. The third-order valence-electron chi connectivity index (χ3n) is 5.62. The van der Waals surface area contributed by atoms with E-state index in [0.717, 1.165) is 27.0 Å². The van der Waals surface area contributed by atoms with Crippen molar-refractivity contribution in [3.8, 4) is 5.75 Å². The Kier molecular flexibility index (Phi) is 5.41. The van der Waals surface area contributed by atoms with Gasteiger partial charge in [-0.05, 0) is 63.8 Å². The van der Waals surface area contributed by atoms with E-state index in [1.165, 1.54) is 16.2 Å². The fraction of sp³-hybridized carbons (Fsp3) is 0.261. The van der Waals surface area contributed by atoms with Crippen LogP contribution in [0.3, 0.4) is 0 Å². The van der Waals surface area contributed by atoms with Gasteiger partial charge >= 0.3 is 6.03 Å². The standard InChI is InChI=1S/C23H23N3O4S/c1-23(18-8-9-31-14-18)21(28)26(22(29)24-23)13-20(27)25(2)12-15-4-5-17-11-19(30-3)7-6-16(17)10-15/h4-11,14H,12-13H2,1-3H3,(H,24,29). The summed E-state index contributed by atoms with van der Waals surface area (Å²) in [7, 11) is 3.29. The van der Waals surface area contributed by atoms with Crippen LogP contribution >= 0.6 is 11.3 Å². The summed E-state index contributed by atoms with van der Waals surface area (Å²) in [5.41, 5.74) is 0.524. The summed E-state index contributed by atoms with van der Waals surface area (Å²) in [5, 5.41) is 8.48. The van der Waals surface area contributed by atoms with Gasteiger partial charge in [0.1, 0.15) is 17.8 Å². The molecule has 0 aliphatic carbocycles. The molecule has 4 rings (SSSR count). The molecule has 1 aliphatic heterocycles. The van der Waals surface area contributed by atoms with E-state index in [0.29, 0.717) is 12.1 Å². The van der Waals surface area contributed by atoms with Crippen LogP contribution in [-0.2, 0) is 21.7 Å². The lowest BCUT2D eigenvalue weighted by Crippen LogP contribution is -2.43. The Balaban J connectivity index is 1.44. The number of carbonyl (C=O) groups is 3. The Morgan fingerprint density at radius 3 is 2.61 bits per heavy atom. The molecular weight excluding hydrogens is 414 g/mol. The zero-order chi connectivity index (χ0) is 22.2. The molecule has 0 saturated carbocycles. The highest BCUT2D eigenvalue weighted by molar-refractivity contribution is 7.08. The number of hydrogen-bond acceptors (Lipinski definition) is 5. The first-order valence-electron chi connectivity index (χ1n) is 9.79. The molecule has 0 radical (unpaired) electrons. The fourth-order valence-electron chi connectivity index (χ4n) is 3.70. The largest absolute Gasteiger partial charge is 0.497 e. The monoisotopic (exact) mass is 437 g/mol. The Bertz CT molecular complexity index is 1160. The Morgan fingerprint density at radius 2 is 1.90 bits per heavy atom. The number of imide groups is 1. The summed E-state index contributed by atoms with van der Waals surface area (Å²) >= 11 is 1.45. The van der Waals surface area contributed by atoms with E-state index in [4.69, 9.17) is 4.74 Å². The lowest BCUT2D eigenvalue weighted by atomic mass is 9.95. The number of methoxy groups -OCH3 is 1. The summed E-state index contributed by atoms with van der Waals surface area (Å²) < 4.78 is 5.25. The molecule has 1 saturated heterocycles. The molecule has 1 aliphatic rings. The van der Waals surface area contributed by atoms with Gasteiger partial charge in [0, 0.05) is 13.6 Å². The summed E-state index contributed by atoms with van der Waals surface area (Å²) in [4.78, 5) is 40.6. The number of carbonyl (C=O) groups excluding carboxylic acids is 3. The zero-order valence-electron chi connectivity index (χ0n) is 17.5. The highest BCUT2D eigenvalue weighted by Crippen LogP contribution is 2.30. The minimum absolute atomic E-state index is 0.300. The molecular formula is C23H23N3O4S. The van der Waals surface area contributed by atoms with E-state index < -0.39 is 17.5 Å². The number of fused-ring (bicyclic) bond motifs is 1. The number of urea groups is 1. The van der Waals surface area contributed by atoms with Crippen LogP contribution in [0.4, 0.5) is 4.79 Å². The lowest BCUT2D eigenvalue weighted by molar-refractivity contribution is -0.138. The molecule has 0 bridgehead atoms. The van der Waals surface area contributed by atoms with Gasteiger partial charge in [0.05, 0.1) is 7.11 Å². The molecule has 0 spiro atoms. The first-order chi connectivity index (χ1) is 14.8. The van der Waals surface area contributed by atoms with Crippen molar-refractivity contribution >= 4 is 40.0 Å². The van der Waals surface area contributed by atoms with Crippen molar-refractivity contribution in [2.45, 2.75) is 19.0 Å². The molecule has 2 aromatic carbocycles. The normalized spacial score (nSPS) is 18.4. The van der Waals surface area contributed by atoms with Gasteiger partial charge in [-0.2, -0.15) is 11.3 Å². The van der Waals surface area contributed by atoms with Gasteiger partial charge in [0.15, 0.2) is 0 Å². The maximum absolute atomic E-state index is 12.9. The topological polar surface area (TPSA) is 79.0 Å². The van der Waals surface area contributed by atoms with Gasteiger partial charge in [0.25, 0.3) is 5.91 Å². The van der Waals surface area contributed by atoms with E-state index in [-0.39, 0.29) is 12.5 Å². The van der Waals surface area contributed by atoms with Gasteiger partial charge in [0.2, 0.25) is 5.91 Å². The van der Waals surface area contributed by atoms with E-state index >= 15 is 0 Å². The average molecular weight is 438 g/mol. The smallest absolute Gasteiger partial charge is 0.325 e. The van der Waals surface area contributed by atoms with Crippen molar-refractivity contribution in [3.63, 3.8) is 0 Å².